The lowest BCUT2D eigenvalue weighted by Crippen LogP contribution is -2.03. The molecule has 0 heterocycles. The minimum Gasteiger partial charge on any atom is -0.346 e. The molecule has 0 bridgehead atoms. The van der Waals surface area contributed by atoms with E-state index in [9.17, 15) is 0 Å². The molecule has 0 aromatic rings. The topological polar surface area (TPSA) is 64.3 Å². The Bertz CT molecular complexity index is 120. The van der Waals surface area contributed by atoms with Crippen molar-refractivity contribution in [2.24, 2.45) is 0 Å². The molecule has 0 fully saturated rings. The van der Waals surface area contributed by atoms with E-state index < -0.39 is 8.38 Å². The summed E-state index contributed by atoms with van der Waals surface area (Å²) in [5, 5.41) is 7.40. The maximum atomic E-state index is 8.55. The van der Waals surface area contributed by atoms with Crippen molar-refractivity contribution < 1.29 is 9.79 Å². The average Bonchev–Trinajstić information content (AvgIpc) is 1.87. The van der Waals surface area contributed by atoms with Gasteiger partial charge in [-0.3, -0.25) is 0 Å². The Hall–Kier alpha value is 0.370. The van der Waals surface area contributed by atoms with Crippen LogP contribution in [0.4, 0.5) is 0 Å². The molecule has 0 rings (SSSR count). The molecule has 0 aliphatic rings. The molecule has 0 aliphatic carbocycles. The third-order valence-corrected chi connectivity index (χ3v) is 2.76. The predicted octanol–water partition coefficient (Wildman–Crippen LogP) is 1.40. The van der Waals surface area contributed by atoms with Gasteiger partial charge in [-0.1, -0.05) is 6.92 Å². The highest BCUT2D eigenvalue weighted by Crippen LogP contribution is 2.28. The van der Waals surface area contributed by atoms with E-state index in [4.69, 9.17) is 15.2 Å². The molecule has 60 valence electrons. The van der Waals surface area contributed by atoms with Gasteiger partial charge in [-0.05, 0) is 6.26 Å². The molecule has 0 aliphatic heterocycles. The molecule has 0 aromatic heterocycles. The molecule has 0 spiro atoms. The summed E-state index contributed by atoms with van der Waals surface area (Å²) in [7, 11) is -2.13. The Labute approximate surface area is 66.3 Å². The molecule has 3 N–H and O–H groups in total. The van der Waals surface area contributed by atoms with Crippen LogP contribution in [-0.2, 0) is 0 Å². The number of thioether (sulfide) groups is 1. The SMILES string of the molecule is CSC(C)CC(=N)P(O)O. The fourth-order valence-corrected chi connectivity index (χ4v) is 1.33. The van der Waals surface area contributed by atoms with E-state index in [2.05, 4.69) is 0 Å². The number of nitrogens with one attached hydrogen (secondary N) is 1. The van der Waals surface area contributed by atoms with Crippen LogP contribution < -0.4 is 0 Å². The predicted molar refractivity (Wildman–Crippen MR) is 46.7 cm³/mol. The summed E-state index contributed by atoms with van der Waals surface area (Å²) in [6, 6.07) is 0. The molecule has 0 amide bonds. The second kappa shape index (κ2) is 5.08. The summed E-state index contributed by atoms with van der Waals surface area (Å²) in [5.74, 6) is 0. The summed E-state index contributed by atoms with van der Waals surface area (Å²) in [6.07, 6.45) is 2.41. The van der Waals surface area contributed by atoms with Crippen molar-refractivity contribution in [3.05, 3.63) is 0 Å². The van der Waals surface area contributed by atoms with Gasteiger partial charge >= 0.3 is 0 Å². The first-order valence-corrected chi connectivity index (χ1v) is 5.39. The highest BCUT2D eigenvalue weighted by Gasteiger charge is 2.10. The molecule has 3 nitrogen and oxygen atoms in total. The molecule has 1 atom stereocenters. The zero-order valence-electron chi connectivity index (χ0n) is 6.03. The van der Waals surface area contributed by atoms with Crippen LogP contribution in [0.5, 0.6) is 0 Å². The van der Waals surface area contributed by atoms with Crippen LogP contribution >= 0.6 is 20.1 Å². The monoisotopic (exact) mass is 181 g/mol. The Kier molecular flexibility index (Phi) is 5.27. The summed E-state index contributed by atoms with van der Waals surface area (Å²) >= 11 is 1.62. The normalized spacial score (nSPS) is 13.7. The van der Waals surface area contributed by atoms with E-state index in [0.29, 0.717) is 11.7 Å². The lowest BCUT2D eigenvalue weighted by Gasteiger charge is -2.08. The van der Waals surface area contributed by atoms with E-state index in [-0.39, 0.29) is 5.45 Å². The number of hydrogen-bond acceptors (Lipinski definition) is 4. The van der Waals surface area contributed by atoms with Crippen LogP contribution in [-0.4, -0.2) is 26.7 Å². The minimum atomic E-state index is -2.13. The Morgan fingerprint density at radius 1 is 1.70 bits per heavy atom. The first-order valence-electron chi connectivity index (χ1n) is 2.86. The Morgan fingerprint density at radius 2 is 2.20 bits per heavy atom. The van der Waals surface area contributed by atoms with Gasteiger partial charge in [-0.2, -0.15) is 11.8 Å². The van der Waals surface area contributed by atoms with Crippen LogP contribution in [0.15, 0.2) is 0 Å². The van der Waals surface area contributed by atoms with Crippen molar-refractivity contribution in [2.45, 2.75) is 18.6 Å². The van der Waals surface area contributed by atoms with Crippen LogP contribution in [0, 0.1) is 5.41 Å². The van der Waals surface area contributed by atoms with Gasteiger partial charge in [0.05, 0.1) is 5.45 Å². The standard InChI is InChI=1S/C5H12NO2PS/c1-4(10-2)3-5(6)9(7)8/h4,6-8H,3H2,1-2H3. The summed E-state index contributed by atoms with van der Waals surface area (Å²) in [4.78, 5) is 17.1. The number of hydrogen-bond donors (Lipinski definition) is 3. The van der Waals surface area contributed by atoms with Gasteiger partial charge in [-0.25, -0.2) is 0 Å². The molecular weight excluding hydrogens is 169 g/mol. The quantitative estimate of drug-likeness (QED) is 0.453. The van der Waals surface area contributed by atoms with Gasteiger partial charge in [0, 0.05) is 11.7 Å². The minimum absolute atomic E-state index is 0.0526. The van der Waals surface area contributed by atoms with Gasteiger partial charge in [0.1, 0.15) is 0 Å². The van der Waals surface area contributed by atoms with E-state index >= 15 is 0 Å². The van der Waals surface area contributed by atoms with Crippen LogP contribution in [0.25, 0.3) is 0 Å². The molecule has 0 radical (unpaired) electrons. The lowest BCUT2D eigenvalue weighted by atomic mass is 10.3. The average molecular weight is 181 g/mol. The molecule has 1 unspecified atom stereocenters. The smallest absolute Gasteiger partial charge is 0.214 e. The van der Waals surface area contributed by atoms with Crippen LogP contribution in [0.3, 0.4) is 0 Å². The molecule has 0 saturated heterocycles. The zero-order chi connectivity index (χ0) is 8.15. The van der Waals surface area contributed by atoms with Gasteiger partial charge in [0.15, 0.2) is 0 Å². The number of rotatable bonds is 4. The van der Waals surface area contributed by atoms with Crippen LogP contribution in [0.1, 0.15) is 13.3 Å². The highest BCUT2D eigenvalue weighted by molar-refractivity contribution is 7.99. The maximum Gasteiger partial charge on any atom is 0.214 e. The molecule has 0 aromatic carbocycles. The van der Waals surface area contributed by atoms with E-state index in [0.717, 1.165) is 0 Å². The Morgan fingerprint density at radius 3 is 2.50 bits per heavy atom. The van der Waals surface area contributed by atoms with Crippen molar-refractivity contribution in [2.75, 3.05) is 6.26 Å². The molecular formula is C5H12NO2PS. The third kappa shape index (κ3) is 4.23. The summed E-state index contributed by atoms with van der Waals surface area (Å²) in [6.45, 7) is 1.96. The fourth-order valence-electron chi connectivity index (χ4n) is 0.437. The molecule has 10 heavy (non-hydrogen) atoms. The fraction of sp³-hybridized carbons (Fsp3) is 0.800. The van der Waals surface area contributed by atoms with E-state index in [1.165, 1.54) is 0 Å². The van der Waals surface area contributed by atoms with Gasteiger partial charge in [-0.15, -0.1) is 0 Å². The van der Waals surface area contributed by atoms with Crippen molar-refractivity contribution in [1.29, 1.82) is 5.41 Å². The summed E-state index contributed by atoms with van der Waals surface area (Å²) in [5.41, 5.74) is 0.0526. The van der Waals surface area contributed by atoms with Crippen molar-refractivity contribution >= 4 is 25.6 Å². The first kappa shape index (κ1) is 10.4. The van der Waals surface area contributed by atoms with Gasteiger partial charge in [0.2, 0.25) is 8.38 Å². The first-order chi connectivity index (χ1) is 4.57. The van der Waals surface area contributed by atoms with Crippen molar-refractivity contribution in [1.82, 2.24) is 0 Å². The maximum absolute atomic E-state index is 8.55. The second-order valence-electron chi connectivity index (χ2n) is 1.99. The molecule has 5 heteroatoms. The van der Waals surface area contributed by atoms with E-state index in [1.54, 1.807) is 11.8 Å². The zero-order valence-corrected chi connectivity index (χ0v) is 7.75. The largest absolute Gasteiger partial charge is 0.346 e. The second-order valence-corrected chi connectivity index (χ2v) is 4.38. The Balaban J connectivity index is 3.57. The lowest BCUT2D eigenvalue weighted by molar-refractivity contribution is 0.498. The summed E-state index contributed by atoms with van der Waals surface area (Å²) < 4.78 is 0. The van der Waals surface area contributed by atoms with Gasteiger partial charge in [0.25, 0.3) is 0 Å². The molecule has 0 saturated carbocycles. The van der Waals surface area contributed by atoms with Crippen molar-refractivity contribution in [3.63, 3.8) is 0 Å². The van der Waals surface area contributed by atoms with Gasteiger partial charge < -0.3 is 15.2 Å². The van der Waals surface area contributed by atoms with Crippen molar-refractivity contribution in [3.8, 4) is 0 Å². The third-order valence-electron chi connectivity index (χ3n) is 1.12. The highest BCUT2D eigenvalue weighted by atomic mass is 32.2. The van der Waals surface area contributed by atoms with E-state index in [1.807, 2.05) is 13.2 Å². The van der Waals surface area contributed by atoms with Crippen LogP contribution in [0.2, 0.25) is 0 Å².